The lowest BCUT2D eigenvalue weighted by Crippen LogP contribution is -2.48. The van der Waals surface area contributed by atoms with Gasteiger partial charge in [-0.25, -0.2) is 4.79 Å². The molecule has 0 saturated carbocycles. The molecule has 2 amide bonds. The Hall–Kier alpha value is -2.06. The van der Waals surface area contributed by atoms with Gasteiger partial charge in [-0.15, -0.1) is 0 Å². The Labute approximate surface area is 124 Å². The molecule has 3 rings (SSSR count). The van der Waals surface area contributed by atoms with Crippen LogP contribution in [0.15, 0.2) is 24.3 Å². The van der Waals surface area contributed by atoms with E-state index >= 15 is 0 Å². The number of nitriles is 1. The molecule has 2 atom stereocenters. The van der Waals surface area contributed by atoms with Crippen LogP contribution in [0.5, 0.6) is 0 Å². The Kier molecular flexibility index (Phi) is 4.07. The average molecular weight is 284 g/mol. The second-order valence-electron chi connectivity index (χ2n) is 5.84. The van der Waals surface area contributed by atoms with Crippen LogP contribution >= 0.6 is 0 Å². The highest BCUT2D eigenvalue weighted by Crippen LogP contribution is 2.26. The number of hydrogen-bond acceptors (Lipinski definition) is 3. The van der Waals surface area contributed by atoms with Crippen molar-refractivity contribution in [2.24, 2.45) is 0 Å². The van der Waals surface area contributed by atoms with Crippen LogP contribution in [0.2, 0.25) is 0 Å². The van der Waals surface area contributed by atoms with E-state index in [0.717, 1.165) is 19.4 Å². The maximum absolute atomic E-state index is 12.0. The van der Waals surface area contributed by atoms with Gasteiger partial charge in [-0.1, -0.05) is 0 Å². The molecule has 2 unspecified atom stereocenters. The molecule has 0 aliphatic carbocycles. The number of anilines is 1. The van der Waals surface area contributed by atoms with Gasteiger partial charge in [0.25, 0.3) is 0 Å². The van der Waals surface area contributed by atoms with Gasteiger partial charge in [0.15, 0.2) is 0 Å². The zero-order chi connectivity index (χ0) is 14.7. The summed E-state index contributed by atoms with van der Waals surface area (Å²) in [6.07, 6.45) is 4.63. The number of benzene rings is 1. The highest BCUT2D eigenvalue weighted by molar-refractivity contribution is 5.89. The Bertz CT molecular complexity index is 548. The van der Waals surface area contributed by atoms with E-state index in [0.29, 0.717) is 17.3 Å². The molecule has 2 aliphatic rings. The summed E-state index contributed by atoms with van der Waals surface area (Å²) in [6, 6.07) is 9.72. The van der Waals surface area contributed by atoms with Crippen molar-refractivity contribution in [1.82, 2.24) is 10.2 Å². The number of carbonyl (C=O) groups is 1. The molecule has 2 heterocycles. The molecule has 1 aromatic carbocycles. The molecule has 5 nitrogen and oxygen atoms in total. The predicted molar refractivity (Wildman–Crippen MR) is 80.9 cm³/mol. The Morgan fingerprint density at radius 1 is 1.24 bits per heavy atom. The van der Waals surface area contributed by atoms with E-state index in [1.807, 2.05) is 0 Å². The van der Waals surface area contributed by atoms with Crippen LogP contribution in [0, 0.1) is 11.3 Å². The third-order valence-electron chi connectivity index (χ3n) is 4.43. The molecule has 2 N–H and O–H groups in total. The number of urea groups is 1. The Balaban J connectivity index is 1.50. The van der Waals surface area contributed by atoms with E-state index in [4.69, 9.17) is 5.26 Å². The van der Waals surface area contributed by atoms with E-state index in [-0.39, 0.29) is 12.1 Å². The molecule has 110 valence electrons. The third-order valence-corrected chi connectivity index (χ3v) is 4.43. The van der Waals surface area contributed by atoms with E-state index < -0.39 is 0 Å². The van der Waals surface area contributed by atoms with E-state index in [2.05, 4.69) is 21.6 Å². The standard InChI is InChI=1S/C16H20N4O/c17-11-12-3-5-13(6-4-12)18-16(21)19-14-7-9-20-8-1-2-15(20)10-14/h3-6,14-15H,1-2,7-10H2,(H2,18,19,21). The minimum absolute atomic E-state index is 0.156. The third kappa shape index (κ3) is 3.34. The topological polar surface area (TPSA) is 68.2 Å². The van der Waals surface area contributed by atoms with Gasteiger partial charge >= 0.3 is 6.03 Å². The maximum atomic E-state index is 12.0. The van der Waals surface area contributed by atoms with Crippen molar-refractivity contribution in [3.8, 4) is 6.07 Å². The summed E-state index contributed by atoms with van der Waals surface area (Å²) in [7, 11) is 0. The Morgan fingerprint density at radius 3 is 2.81 bits per heavy atom. The van der Waals surface area contributed by atoms with Gasteiger partial charge < -0.3 is 15.5 Å². The molecular weight excluding hydrogens is 264 g/mol. The van der Waals surface area contributed by atoms with Gasteiger partial charge in [0.1, 0.15) is 0 Å². The lowest BCUT2D eigenvalue weighted by Gasteiger charge is -2.35. The van der Waals surface area contributed by atoms with Gasteiger partial charge in [0, 0.05) is 24.3 Å². The average Bonchev–Trinajstić information content (AvgIpc) is 2.95. The minimum atomic E-state index is -0.156. The summed E-state index contributed by atoms with van der Waals surface area (Å²) < 4.78 is 0. The molecule has 1 aromatic rings. The minimum Gasteiger partial charge on any atom is -0.335 e. The van der Waals surface area contributed by atoms with Crippen LogP contribution in [-0.4, -0.2) is 36.1 Å². The van der Waals surface area contributed by atoms with Gasteiger partial charge in [0.05, 0.1) is 11.6 Å². The molecule has 2 fully saturated rings. The predicted octanol–water partition coefficient (Wildman–Crippen LogP) is 2.31. The number of piperidine rings is 1. The van der Waals surface area contributed by atoms with Gasteiger partial charge in [0.2, 0.25) is 0 Å². The molecule has 0 bridgehead atoms. The first-order valence-corrected chi connectivity index (χ1v) is 7.56. The molecule has 0 spiro atoms. The van der Waals surface area contributed by atoms with Gasteiger partial charge in [-0.3, -0.25) is 0 Å². The Morgan fingerprint density at radius 2 is 2.05 bits per heavy atom. The zero-order valence-electron chi connectivity index (χ0n) is 12.0. The highest BCUT2D eigenvalue weighted by atomic mass is 16.2. The lowest BCUT2D eigenvalue weighted by molar-refractivity contribution is 0.168. The maximum Gasteiger partial charge on any atom is 0.319 e. The van der Waals surface area contributed by atoms with Crippen LogP contribution < -0.4 is 10.6 Å². The largest absolute Gasteiger partial charge is 0.335 e. The smallest absolute Gasteiger partial charge is 0.319 e. The van der Waals surface area contributed by atoms with Crippen molar-refractivity contribution in [3.63, 3.8) is 0 Å². The second-order valence-corrected chi connectivity index (χ2v) is 5.84. The van der Waals surface area contributed by atoms with Crippen LogP contribution in [-0.2, 0) is 0 Å². The molecule has 21 heavy (non-hydrogen) atoms. The number of nitrogens with one attached hydrogen (secondary N) is 2. The number of amides is 2. The summed E-state index contributed by atoms with van der Waals surface area (Å²) in [6.45, 7) is 2.31. The van der Waals surface area contributed by atoms with Crippen molar-refractivity contribution in [1.29, 1.82) is 5.26 Å². The first kappa shape index (κ1) is 13.9. The molecule has 0 radical (unpaired) electrons. The monoisotopic (exact) mass is 284 g/mol. The zero-order valence-corrected chi connectivity index (χ0v) is 12.0. The van der Waals surface area contributed by atoms with Crippen LogP contribution in [0.3, 0.4) is 0 Å². The molecule has 5 heteroatoms. The van der Waals surface area contributed by atoms with E-state index in [1.54, 1.807) is 24.3 Å². The summed E-state index contributed by atoms with van der Waals surface area (Å²) in [5.74, 6) is 0. The normalized spacial score (nSPS) is 24.9. The van der Waals surface area contributed by atoms with Crippen molar-refractivity contribution in [2.45, 2.75) is 37.8 Å². The van der Waals surface area contributed by atoms with Crippen LogP contribution in [0.1, 0.15) is 31.2 Å². The lowest BCUT2D eigenvalue weighted by atomic mass is 9.98. The van der Waals surface area contributed by atoms with E-state index in [9.17, 15) is 4.79 Å². The highest BCUT2D eigenvalue weighted by Gasteiger charge is 2.32. The SMILES string of the molecule is N#Cc1ccc(NC(=O)NC2CCN3CCCC3C2)cc1. The molecule has 0 aromatic heterocycles. The van der Waals surface area contributed by atoms with Gasteiger partial charge in [-0.05, 0) is 56.5 Å². The van der Waals surface area contributed by atoms with Crippen molar-refractivity contribution < 1.29 is 4.79 Å². The summed E-state index contributed by atoms with van der Waals surface area (Å²) in [5.41, 5.74) is 1.30. The molecule has 2 saturated heterocycles. The fourth-order valence-corrected chi connectivity index (χ4v) is 3.34. The summed E-state index contributed by atoms with van der Waals surface area (Å²) >= 11 is 0. The van der Waals surface area contributed by atoms with E-state index in [1.165, 1.54) is 19.4 Å². The summed E-state index contributed by atoms with van der Waals surface area (Å²) in [5, 5.41) is 14.6. The second kappa shape index (κ2) is 6.15. The van der Waals surface area contributed by atoms with Crippen molar-refractivity contribution in [3.05, 3.63) is 29.8 Å². The van der Waals surface area contributed by atoms with Crippen molar-refractivity contribution in [2.75, 3.05) is 18.4 Å². The fourth-order valence-electron chi connectivity index (χ4n) is 3.34. The quantitative estimate of drug-likeness (QED) is 0.875. The molecule has 2 aliphatic heterocycles. The number of fused-ring (bicyclic) bond motifs is 1. The number of hydrogen-bond donors (Lipinski definition) is 2. The van der Waals surface area contributed by atoms with Gasteiger partial charge in [-0.2, -0.15) is 5.26 Å². The number of nitrogens with zero attached hydrogens (tertiary/aromatic N) is 2. The number of carbonyl (C=O) groups excluding carboxylic acids is 1. The van der Waals surface area contributed by atoms with Crippen LogP contribution in [0.4, 0.5) is 10.5 Å². The number of rotatable bonds is 2. The summed E-state index contributed by atoms with van der Waals surface area (Å²) in [4.78, 5) is 14.6. The fraction of sp³-hybridized carbons (Fsp3) is 0.500. The molecular formula is C16H20N4O. The first-order chi connectivity index (χ1) is 10.2. The van der Waals surface area contributed by atoms with Crippen LogP contribution in [0.25, 0.3) is 0 Å². The first-order valence-electron chi connectivity index (χ1n) is 7.56. The van der Waals surface area contributed by atoms with Crippen molar-refractivity contribution >= 4 is 11.7 Å².